The van der Waals surface area contributed by atoms with E-state index in [4.69, 9.17) is 23.4 Å². The Morgan fingerprint density at radius 3 is 2.21 bits per heavy atom. The van der Waals surface area contributed by atoms with Crippen molar-refractivity contribution in [3.8, 4) is 23.0 Å². The Labute approximate surface area is 162 Å². The molecule has 0 unspecified atom stereocenters. The van der Waals surface area contributed by atoms with Crippen LogP contribution in [0.2, 0.25) is 0 Å². The van der Waals surface area contributed by atoms with Crippen LogP contribution in [0.5, 0.6) is 23.0 Å². The van der Waals surface area contributed by atoms with Gasteiger partial charge in [-0.2, -0.15) is 0 Å². The molecule has 0 aliphatic heterocycles. The van der Waals surface area contributed by atoms with E-state index in [0.29, 0.717) is 28.7 Å². The third-order valence-electron chi connectivity index (χ3n) is 3.98. The summed E-state index contributed by atoms with van der Waals surface area (Å²) in [5.74, 6) is 2.85. The summed E-state index contributed by atoms with van der Waals surface area (Å²) in [6.45, 7) is 0.200. The van der Waals surface area contributed by atoms with Crippen LogP contribution in [0.15, 0.2) is 59.0 Å². The molecule has 3 aromatic rings. The molecule has 146 valence electrons. The largest absolute Gasteiger partial charge is 0.497 e. The van der Waals surface area contributed by atoms with E-state index in [2.05, 4.69) is 5.32 Å². The number of carbonyl (C=O) groups is 1. The highest BCUT2D eigenvalue weighted by molar-refractivity contribution is 6.03. The van der Waals surface area contributed by atoms with Crippen LogP contribution in [-0.4, -0.2) is 27.2 Å². The number of nitrogens with one attached hydrogen (secondary N) is 1. The van der Waals surface area contributed by atoms with Crippen LogP contribution in [-0.2, 0) is 6.61 Å². The molecule has 7 nitrogen and oxygen atoms in total. The van der Waals surface area contributed by atoms with Crippen molar-refractivity contribution >= 4 is 11.6 Å². The van der Waals surface area contributed by atoms with Gasteiger partial charge in [0.05, 0.1) is 27.0 Å². The second kappa shape index (κ2) is 8.85. The molecule has 0 aliphatic carbocycles. The van der Waals surface area contributed by atoms with E-state index < -0.39 is 0 Å². The molecule has 0 fully saturated rings. The zero-order valence-electron chi connectivity index (χ0n) is 15.9. The molecule has 0 saturated carbocycles. The molecule has 0 radical (unpaired) electrons. The average Bonchev–Trinajstić information content (AvgIpc) is 3.22. The van der Waals surface area contributed by atoms with Crippen LogP contribution in [0.4, 0.5) is 5.69 Å². The molecule has 0 bridgehead atoms. The highest BCUT2D eigenvalue weighted by atomic mass is 16.5. The van der Waals surface area contributed by atoms with Crippen molar-refractivity contribution in [1.29, 1.82) is 0 Å². The molecule has 0 atom stereocenters. The summed E-state index contributed by atoms with van der Waals surface area (Å²) in [7, 11) is 4.68. The molecule has 3 rings (SSSR count). The summed E-state index contributed by atoms with van der Waals surface area (Å²) in [4.78, 5) is 12.4. The fraction of sp³-hybridized carbons (Fsp3) is 0.190. The number of rotatable bonds is 8. The zero-order valence-corrected chi connectivity index (χ0v) is 15.9. The van der Waals surface area contributed by atoms with E-state index in [1.807, 2.05) is 0 Å². The second-order valence-corrected chi connectivity index (χ2v) is 5.75. The topological polar surface area (TPSA) is 79.2 Å². The van der Waals surface area contributed by atoms with Gasteiger partial charge in [0, 0.05) is 6.07 Å². The lowest BCUT2D eigenvalue weighted by atomic mass is 10.2. The Kier molecular flexibility index (Phi) is 6.06. The van der Waals surface area contributed by atoms with E-state index in [-0.39, 0.29) is 18.3 Å². The van der Waals surface area contributed by atoms with Crippen molar-refractivity contribution < 1.29 is 28.2 Å². The third kappa shape index (κ3) is 4.56. The maximum atomic E-state index is 12.4. The molecule has 1 aromatic heterocycles. The molecule has 7 heteroatoms. The lowest BCUT2D eigenvalue weighted by Gasteiger charge is -2.10. The summed E-state index contributed by atoms with van der Waals surface area (Å²) in [5, 5.41) is 2.76. The number of amides is 1. The van der Waals surface area contributed by atoms with Crippen LogP contribution in [0, 0.1) is 0 Å². The lowest BCUT2D eigenvalue weighted by molar-refractivity contribution is 0.0992. The molecule has 1 N–H and O–H groups in total. The van der Waals surface area contributed by atoms with Crippen molar-refractivity contribution in [2.75, 3.05) is 26.6 Å². The van der Waals surface area contributed by atoms with Crippen molar-refractivity contribution in [2.24, 2.45) is 0 Å². The number of carbonyl (C=O) groups excluding carboxylic acids is 1. The maximum absolute atomic E-state index is 12.4. The second-order valence-electron chi connectivity index (χ2n) is 5.75. The maximum Gasteiger partial charge on any atom is 0.291 e. The molecule has 0 aliphatic rings. The van der Waals surface area contributed by atoms with Gasteiger partial charge in [-0.05, 0) is 48.5 Å². The summed E-state index contributed by atoms with van der Waals surface area (Å²) >= 11 is 0. The Hall–Kier alpha value is -3.61. The van der Waals surface area contributed by atoms with Gasteiger partial charge in [0.2, 0.25) is 0 Å². The van der Waals surface area contributed by atoms with Gasteiger partial charge >= 0.3 is 0 Å². The first-order valence-electron chi connectivity index (χ1n) is 8.52. The predicted octanol–water partition coefficient (Wildman–Crippen LogP) is 4.14. The summed E-state index contributed by atoms with van der Waals surface area (Å²) in [6, 6.07) is 15.6. The minimum Gasteiger partial charge on any atom is -0.497 e. The number of benzene rings is 2. The minimum absolute atomic E-state index is 0.172. The molecule has 28 heavy (non-hydrogen) atoms. The van der Waals surface area contributed by atoms with Crippen LogP contribution >= 0.6 is 0 Å². The molecule has 0 saturated heterocycles. The van der Waals surface area contributed by atoms with Gasteiger partial charge in [-0.15, -0.1) is 0 Å². The number of hydrogen-bond donors (Lipinski definition) is 1. The lowest BCUT2D eigenvalue weighted by Crippen LogP contribution is -2.11. The summed E-state index contributed by atoms with van der Waals surface area (Å²) in [5.41, 5.74) is 0.515. The fourth-order valence-electron chi connectivity index (χ4n) is 2.49. The number of furan rings is 1. The Morgan fingerprint density at radius 1 is 0.857 bits per heavy atom. The van der Waals surface area contributed by atoms with Crippen LogP contribution in [0.3, 0.4) is 0 Å². The SMILES string of the molecule is COc1ccc(OCc2ccc(C(=O)Nc3ccc(OC)cc3OC)o2)cc1. The quantitative estimate of drug-likeness (QED) is 0.630. The third-order valence-corrected chi connectivity index (χ3v) is 3.98. The van der Waals surface area contributed by atoms with E-state index in [1.165, 1.54) is 7.11 Å². The van der Waals surface area contributed by atoms with Gasteiger partial charge in [0.15, 0.2) is 5.76 Å². The van der Waals surface area contributed by atoms with Gasteiger partial charge in [0.25, 0.3) is 5.91 Å². The highest BCUT2D eigenvalue weighted by Crippen LogP contribution is 2.29. The van der Waals surface area contributed by atoms with E-state index in [1.54, 1.807) is 68.8 Å². The fourth-order valence-corrected chi connectivity index (χ4v) is 2.49. The Bertz CT molecular complexity index is 932. The summed E-state index contributed by atoms with van der Waals surface area (Å²) < 4.78 is 26.8. The molecule has 0 spiro atoms. The minimum atomic E-state index is -0.390. The van der Waals surface area contributed by atoms with Crippen molar-refractivity contribution in [3.05, 3.63) is 66.1 Å². The standard InChI is InChI=1S/C21H21NO6/c1-24-14-4-6-15(7-5-14)27-13-17-9-11-19(28-17)21(23)22-18-10-8-16(25-2)12-20(18)26-3/h4-12H,13H2,1-3H3,(H,22,23). The van der Waals surface area contributed by atoms with Gasteiger partial charge in [-0.1, -0.05) is 0 Å². The van der Waals surface area contributed by atoms with Crippen LogP contribution in [0.1, 0.15) is 16.3 Å². The monoisotopic (exact) mass is 383 g/mol. The molecule has 1 amide bonds. The Balaban J connectivity index is 1.62. The molecular weight excluding hydrogens is 362 g/mol. The van der Waals surface area contributed by atoms with E-state index in [9.17, 15) is 4.79 Å². The number of methoxy groups -OCH3 is 3. The van der Waals surface area contributed by atoms with Crippen LogP contribution < -0.4 is 24.3 Å². The number of hydrogen-bond acceptors (Lipinski definition) is 6. The Morgan fingerprint density at radius 2 is 1.54 bits per heavy atom. The van der Waals surface area contributed by atoms with Crippen LogP contribution in [0.25, 0.3) is 0 Å². The first-order valence-corrected chi connectivity index (χ1v) is 8.52. The molecule has 1 heterocycles. The smallest absolute Gasteiger partial charge is 0.291 e. The van der Waals surface area contributed by atoms with Gasteiger partial charge in [0.1, 0.15) is 35.4 Å². The van der Waals surface area contributed by atoms with Gasteiger partial charge in [-0.3, -0.25) is 4.79 Å². The summed E-state index contributed by atoms with van der Waals surface area (Å²) in [6.07, 6.45) is 0. The van der Waals surface area contributed by atoms with Crippen molar-refractivity contribution in [3.63, 3.8) is 0 Å². The van der Waals surface area contributed by atoms with Gasteiger partial charge < -0.3 is 28.7 Å². The molecule has 2 aromatic carbocycles. The van der Waals surface area contributed by atoms with Gasteiger partial charge in [-0.25, -0.2) is 0 Å². The van der Waals surface area contributed by atoms with E-state index in [0.717, 1.165) is 5.75 Å². The molecular formula is C21H21NO6. The van der Waals surface area contributed by atoms with Crippen molar-refractivity contribution in [1.82, 2.24) is 0 Å². The first kappa shape index (κ1) is 19.2. The average molecular weight is 383 g/mol. The number of anilines is 1. The number of ether oxygens (including phenoxy) is 4. The van der Waals surface area contributed by atoms with Crippen molar-refractivity contribution in [2.45, 2.75) is 6.61 Å². The van der Waals surface area contributed by atoms with E-state index >= 15 is 0 Å². The normalized spacial score (nSPS) is 10.2. The predicted molar refractivity (Wildman–Crippen MR) is 104 cm³/mol. The zero-order chi connectivity index (χ0) is 19.9. The highest BCUT2D eigenvalue weighted by Gasteiger charge is 2.15. The first-order chi connectivity index (χ1) is 13.6.